The lowest BCUT2D eigenvalue weighted by Crippen LogP contribution is -2.27. The molecule has 112 valence electrons. The summed E-state index contributed by atoms with van der Waals surface area (Å²) in [5.74, 6) is -0.0798. The Hall–Kier alpha value is -0.680. The number of fused-ring (bicyclic) bond motifs is 1. The van der Waals surface area contributed by atoms with Crippen molar-refractivity contribution in [3.8, 4) is 0 Å². The quantitative estimate of drug-likeness (QED) is 0.770. The van der Waals surface area contributed by atoms with E-state index in [-0.39, 0.29) is 28.9 Å². The predicted octanol–water partition coefficient (Wildman–Crippen LogP) is 0.762. The number of sulfone groups is 1. The Bertz CT molecular complexity index is 822. The third-order valence-electron chi connectivity index (χ3n) is 2.42. The van der Waals surface area contributed by atoms with Gasteiger partial charge in [0.1, 0.15) is 9.84 Å². The van der Waals surface area contributed by atoms with Gasteiger partial charge in [0.2, 0.25) is 0 Å². The van der Waals surface area contributed by atoms with Crippen molar-refractivity contribution >= 4 is 47.8 Å². The van der Waals surface area contributed by atoms with Gasteiger partial charge in [-0.1, -0.05) is 11.6 Å². The zero-order chi connectivity index (χ0) is 15.0. The third-order valence-corrected chi connectivity index (χ3v) is 6.06. The smallest absolute Gasteiger partial charge is 0.259 e. The number of thiazole rings is 1. The first-order valence-electron chi connectivity index (χ1n) is 5.49. The van der Waals surface area contributed by atoms with Gasteiger partial charge in [-0.05, 0) is 6.42 Å². The molecule has 2 aromatic rings. The molecule has 7 nitrogen and oxygen atoms in total. The summed E-state index contributed by atoms with van der Waals surface area (Å²) in [6.45, 7) is 0.0170. The first-order valence-corrected chi connectivity index (χ1v) is 10.3. The van der Waals surface area contributed by atoms with E-state index in [4.69, 9.17) is 11.6 Å². The Balaban J connectivity index is 2.14. The summed E-state index contributed by atoms with van der Waals surface area (Å²) in [5.41, 5.74) is 0. The summed E-state index contributed by atoms with van der Waals surface area (Å²) in [7, 11) is -6.94. The molecule has 20 heavy (non-hydrogen) atoms. The fourth-order valence-corrected chi connectivity index (χ4v) is 4.78. The van der Waals surface area contributed by atoms with Crippen LogP contribution in [0.3, 0.4) is 0 Å². The zero-order valence-corrected chi connectivity index (χ0v) is 13.6. The van der Waals surface area contributed by atoms with Gasteiger partial charge in [0, 0.05) is 24.4 Å². The maximum absolute atomic E-state index is 12.1. The molecular weight excluding hydrogens is 346 g/mol. The first kappa shape index (κ1) is 15.7. The van der Waals surface area contributed by atoms with E-state index < -0.39 is 19.9 Å². The van der Waals surface area contributed by atoms with E-state index >= 15 is 0 Å². The molecule has 2 rings (SSSR count). The molecule has 0 fully saturated rings. The van der Waals surface area contributed by atoms with Crippen LogP contribution in [0.1, 0.15) is 6.42 Å². The molecule has 2 aromatic heterocycles. The number of rotatable bonds is 6. The summed E-state index contributed by atoms with van der Waals surface area (Å²) >= 11 is 7.10. The van der Waals surface area contributed by atoms with Gasteiger partial charge in [0.05, 0.1) is 5.75 Å². The van der Waals surface area contributed by atoms with Crippen molar-refractivity contribution in [3.05, 3.63) is 16.7 Å². The normalized spacial score (nSPS) is 13.1. The molecule has 0 spiro atoms. The lowest BCUT2D eigenvalue weighted by atomic mass is 10.5. The lowest BCUT2D eigenvalue weighted by molar-refractivity contribution is 0.573. The second-order valence-electron chi connectivity index (χ2n) is 4.14. The van der Waals surface area contributed by atoms with Gasteiger partial charge in [-0.2, -0.15) is 0 Å². The van der Waals surface area contributed by atoms with Crippen LogP contribution in [0.25, 0.3) is 4.96 Å². The highest BCUT2D eigenvalue weighted by molar-refractivity contribution is 7.90. The van der Waals surface area contributed by atoms with Crippen LogP contribution in [0.5, 0.6) is 0 Å². The molecule has 0 radical (unpaired) electrons. The molecule has 0 atom stereocenters. The third kappa shape index (κ3) is 3.50. The highest BCUT2D eigenvalue weighted by Crippen LogP contribution is 2.25. The predicted molar refractivity (Wildman–Crippen MR) is 77.6 cm³/mol. The molecule has 0 aromatic carbocycles. The highest BCUT2D eigenvalue weighted by atomic mass is 35.5. The number of aromatic nitrogens is 2. The minimum absolute atomic E-state index is 0.0170. The topological polar surface area (TPSA) is 97.6 Å². The Morgan fingerprint density at radius 1 is 1.40 bits per heavy atom. The zero-order valence-electron chi connectivity index (χ0n) is 10.4. The number of hydrogen-bond acceptors (Lipinski definition) is 6. The average Bonchev–Trinajstić information content (AvgIpc) is 2.82. The van der Waals surface area contributed by atoms with Gasteiger partial charge in [-0.25, -0.2) is 26.5 Å². The Morgan fingerprint density at radius 2 is 2.10 bits per heavy atom. The molecule has 0 aliphatic heterocycles. The molecule has 0 saturated carbocycles. The van der Waals surface area contributed by atoms with E-state index in [9.17, 15) is 16.8 Å². The monoisotopic (exact) mass is 357 g/mol. The van der Waals surface area contributed by atoms with Crippen molar-refractivity contribution in [1.29, 1.82) is 0 Å². The van der Waals surface area contributed by atoms with Gasteiger partial charge < -0.3 is 0 Å². The lowest BCUT2D eigenvalue weighted by Gasteiger charge is -2.05. The molecule has 0 amide bonds. The number of sulfonamides is 1. The SMILES string of the molecule is CS(=O)(=O)CCCNS(=O)(=O)c1c(Cl)nc2sccn12. The fourth-order valence-electron chi connectivity index (χ4n) is 1.59. The Morgan fingerprint density at radius 3 is 2.75 bits per heavy atom. The molecule has 1 N–H and O–H groups in total. The molecule has 0 aliphatic carbocycles. The Kier molecular flexibility index (Phi) is 4.40. The molecular formula is C9H12ClN3O4S3. The summed E-state index contributed by atoms with van der Waals surface area (Å²) in [6.07, 6.45) is 2.86. The number of nitrogens with one attached hydrogen (secondary N) is 1. The fraction of sp³-hybridized carbons (Fsp3) is 0.444. The summed E-state index contributed by atoms with van der Waals surface area (Å²) < 4.78 is 49.9. The average molecular weight is 358 g/mol. The van der Waals surface area contributed by atoms with Gasteiger partial charge in [-0.3, -0.25) is 4.40 Å². The van der Waals surface area contributed by atoms with Gasteiger partial charge in [-0.15, -0.1) is 11.3 Å². The van der Waals surface area contributed by atoms with E-state index in [2.05, 4.69) is 9.71 Å². The van der Waals surface area contributed by atoms with Crippen LogP contribution in [0.15, 0.2) is 16.6 Å². The van der Waals surface area contributed by atoms with Crippen molar-refractivity contribution in [2.45, 2.75) is 11.4 Å². The molecule has 2 heterocycles. The van der Waals surface area contributed by atoms with Crippen molar-refractivity contribution in [2.24, 2.45) is 0 Å². The van der Waals surface area contributed by atoms with Crippen molar-refractivity contribution in [2.75, 3.05) is 18.6 Å². The van der Waals surface area contributed by atoms with Crippen LogP contribution >= 0.6 is 22.9 Å². The molecule has 0 unspecified atom stereocenters. The van der Waals surface area contributed by atoms with E-state index in [1.165, 1.54) is 15.7 Å². The number of halogens is 1. The number of nitrogens with zero attached hydrogens (tertiary/aromatic N) is 2. The summed E-state index contributed by atoms with van der Waals surface area (Å²) in [6, 6.07) is 0. The largest absolute Gasteiger partial charge is 0.279 e. The second-order valence-corrected chi connectivity index (χ2v) is 9.32. The van der Waals surface area contributed by atoms with Gasteiger partial charge in [0.15, 0.2) is 15.1 Å². The highest BCUT2D eigenvalue weighted by Gasteiger charge is 2.24. The first-order chi connectivity index (χ1) is 9.21. The van der Waals surface area contributed by atoms with E-state index in [1.54, 1.807) is 11.6 Å². The van der Waals surface area contributed by atoms with Crippen LogP contribution < -0.4 is 4.72 Å². The van der Waals surface area contributed by atoms with Crippen LogP contribution in [0.2, 0.25) is 5.15 Å². The van der Waals surface area contributed by atoms with Crippen molar-refractivity contribution in [3.63, 3.8) is 0 Å². The number of hydrogen-bond donors (Lipinski definition) is 1. The van der Waals surface area contributed by atoms with Gasteiger partial charge >= 0.3 is 0 Å². The van der Waals surface area contributed by atoms with Crippen molar-refractivity contribution < 1.29 is 16.8 Å². The van der Waals surface area contributed by atoms with Crippen LogP contribution in [0, 0.1) is 0 Å². The maximum atomic E-state index is 12.1. The van der Waals surface area contributed by atoms with E-state index in [1.807, 2.05) is 0 Å². The van der Waals surface area contributed by atoms with E-state index in [0.717, 1.165) is 6.26 Å². The minimum Gasteiger partial charge on any atom is -0.279 e. The number of imidazole rings is 1. The standard InChI is InChI=1S/C9H12ClN3O4S3/c1-19(14,15)6-2-3-11-20(16,17)8-7(10)12-9-13(8)4-5-18-9/h4-5,11H,2-3,6H2,1H3. The van der Waals surface area contributed by atoms with Gasteiger partial charge in [0.25, 0.3) is 10.0 Å². The van der Waals surface area contributed by atoms with Crippen LogP contribution in [0.4, 0.5) is 0 Å². The maximum Gasteiger partial charge on any atom is 0.259 e. The summed E-state index contributed by atoms with van der Waals surface area (Å²) in [4.78, 5) is 4.42. The van der Waals surface area contributed by atoms with Crippen LogP contribution in [-0.4, -0.2) is 44.8 Å². The second kappa shape index (κ2) is 5.60. The Labute approximate surface area is 125 Å². The van der Waals surface area contributed by atoms with E-state index in [0.29, 0.717) is 4.96 Å². The molecule has 0 bridgehead atoms. The molecule has 0 aliphatic rings. The van der Waals surface area contributed by atoms with Crippen molar-refractivity contribution in [1.82, 2.24) is 14.1 Å². The minimum atomic E-state index is -3.83. The van der Waals surface area contributed by atoms with Crippen LogP contribution in [-0.2, 0) is 19.9 Å². The molecule has 0 saturated heterocycles. The molecule has 11 heteroatoms. The summed E-state index contributed by atoms with van der Waals surface area (Å²) in [5, 5.41) is 1.46.